The first kappa shape index (κ1) is 40.2. The van der Waals surface area contributed by atoms with Crippen molar-refractivity contribution < 1.29 is 0 Å². The highest BCUT2D eigenvalue weighted by Crippen LogP contribution is 2.15. The molecule has 1 heterocycles. The highest BCUT2D eigenvalue weighted by molar-refractivity contribution is 4.93. The van der Waals surface area contributed by atoms with E-state index >= 15 is 0 Å². The molecule has 252 valence electrons. The Morgan fingerprint density at radius 1 is 0.545 bits per heavy atom. The number of rotatable bonds is 33. The summed E-state index contributed by atoms with van der Waals surface area (Å²) in [5.41, 5.74) is 0. The molecule has 3 heteroatoms. The van der Waals surface area contributed by atoms with Gasteiger partial charge in [0.1, 0.15) is 0 Å². The van der Waals surface area contributed by atoms with Crippen LogP contribution < -0.4 is 5.32 Å². The molecule has 1 rings (SSSR count). The summed E-state index contributed by atoms with van der Waals surface area (Å²) in [7, 11) is 0. The van der Waals surface area contributed by atoms with E-state index in [9.17, 15) is 0 Å². The molecule has 0 fully saturated rings. The summed E-state index contributed by atoms with van der Waals surface area (Å²) in [6.45, 7) is 6.59. The van der Waals surface area contributed by atoms with Crippen LogP contribution in [0.2, 0.25) is 0 Å². The standard InChI is InChI=1S/C41H73N3/c1-3-5-7-9-11-13-15-17-19-21-23-25-27-29-31-33-35-41(43-37-39-44-38-36-42-40-44)34-32-30-28-26-24-22-20-18-16-14-12-10-8-6-4-2/h10-13,16-19,36,38,40-41,43H,3-9,14-15,20-35,37,39H2,1-2H3/b12-10-,13-11-,18-16-,19-17-. The number of unbranched alkanes of at least 4 members (excludes halogenated alkanes) is 17. The smallest absolute Gasteiger partial charge is 0.0946 e. The van der Waals surface area contributed by atoms with Crippen LogP contribution in [-0.2, 0) is 6.54 Å². The molecule has 0 spiro atoms. The van der Waals surface area contributed by atoms with E-state index in [0.717, 1.165) is 25.9 Å². The van der Waals surface area contributed by atoms with Crippen LogP contribution >= 0.6 is 0 Å². The van der Waals surface area contributed by atoms with E-state index in [-0.39, 0.29) is 0 Å². The van der Waals surface area contributed by atoms with Gasteiger partial charge in [0.2, 0.25) is 0 Å². The number of imidazole rings is 1. The van der Waals surface area contributed by atoms with Crippen LogP contribution in [0.3, 0.4) is 0 Å². The summed E-state index contributed by atoms with van der Waals surface area (Å²) in [6.07, 6.45) is 57.8. The normalized spacial score (nSPS) is 13.0. The minimum Gasteiger partial charge on any atom is -0.336 e. The lowest BCUT2D eigenvalue weighted by Gasteiger charge is -2.19. The fraction of sp³-hybridized carbons (Fsp3) is 0.732. The average molecular weight is 608 g/mol. The Bertz CT molecular complexity index is 789. The van der Waals surface area contributed by atoms with Crippen molar-refractivity contribution in [3.8, 4) is 0 Å². The molecule has 1 aromatic rings. The first-order valence-electron chi connectivity index (χ1n) is 19.2. The third-order valence-electron chi connectivity index (χ3n) is 8.62. The van der Waals surface area contributed by atoms with Crippen molar-refractivity contribution in [2.45, 2.75) is 187 Å². The van der Waals surface area contributed by atoms with Crippen LogP contribution in [0.1, 0.15) is 174 Å². The van der Waals surface area contributed by atoms with Crippen LogP contribution in [0.4, 0.5) is 0 Å². The molecule has 44 heavy (non-hydrogen) atoms. The van der Waals surface area contributed by atoms with E-state index in [1.54, 1.807) is 0 Å². The number of nitrogens with zero attached hydrogens (tertiary/aromatic N) is 2. The minimum atomic E-state index is 0.672. The van der Waals surface area contributed by atoms with Gasteiger partial charge in [0, 0.05) is 31.5 Å². The lowest BCUT2D eigenvalue weighted by molar-refractivity contribution is 0.403. The van der Waals surface area contributed by atoms with Crippen molar-refractivity contribution in [3.05, 3.63) is 67.3 Å². The number of hydrogen-bond donors (Lipinski definition) is 1. The van der Waals surface area contributed by atoms with Gasteiger partial charge >= 0.3 is 0 Å². The van der Waals surface area contributed by atoms with Gasteiger partial charge in [0.15, 0.2) is 0 Å². The van der Waals surface area contributed by atoms with Gasteiger partial charge in [-0.25, -0.2) is 4.98 Å². The summed E-state index contributed by atoms with van der Waals surface area (Å²) in [5.74, 6) is 0. The maximum atomic E-state index is 4.19. The fourth-order valence-corrected chi connectivity index (χ4v) is 5.73. The molecule has 0 amide bonds. The predicted molar refractivity (Wildman–Crippen MR) is 197 cm³/mol. The molecule has 0 aliphatic heterocycles. The van der Waals surface area contributed by atoms with Crippen LogP contribution in [0.25, 0.3) is 0 Å². The van der Waals surface area contributed by atoms with Gasteiger partial charge < -0.3 is 9.88 Å². The fourth-order valence-electron chi connectivity index (χ4n) is 5.73. The lowest BCUT2D eigenvalue weighted by Crippen LogP contribution is -2.31. The molecule has 1 unspecified atom stereocenters. The van der Waals surface area contributed by atoms with Crippen LogP contribution in [-0.4, -0.2) is 22.1 Å². The summed E-state index contributed by atoms with van der Waals surface area (Å²) >= 11 is 0. The van der Waals surface area contributed by atoms with Gasteiger partial charge in [-0.15, -0.1) is 0 Å². The second-order valence-corrected chi connectivity index (χ2v) is 12.8. The van der Waals surface area contributed by atoms with E-state index in [1.165, 1.54) is 148 Å². The Labute approximate surface area is 275 Å². The van der Waals surface area contributed by atoms with Gasteiger partial charge in [-0.2, -0.15) is 0 Å². The third-order valence-corrected chi connectivity index (χ3v) is 8.62. The van der Waals surface area contributed by atoms with Crippen LogP contribution in [0.15, 0.2) is 67.3 Å². The molecule has 3 nitrogen and oxygen atoms in total. The Balaban J connectivity index is 2.07. The SMILES string of the molecule is CCCC/C=C\C/C=C\CCCCCCCCC(CCCCCCCC/C=C\C/C=C\CCCCC)NCCn1ccnc1. The molecule has 1 atom stereocenters. The van der Waals surface area contributed by atoms with E-state index in [1.807, 2.05) is 12.5 Å². The van der Waals surface area contributed by atoms with Crippen LogP contribution in [0, 0.1) is 0 Å². The summed E-state index contributed by atoms with van der Waals surface area (Å²) < 4.78 is 2.18. The number of hydrogen-bond acceptors (Lipinski definition) is 2. The second kappa shape index (κ2) is 34.0. The van der Waals surface area contributed by atoms with Crippen molar-refractivity contribution in [1.82, 2.24) is 14.9 Å². The number of aromatic nitrogens is 2. The number of allylic oxidation sites excluding steroid dienone is 8. The summed E-state index contributed by atoms with van der Waals surface area (Å²) in [4.78, 5) is 4.19. The van der Waals surface area contributed by atoms with Gasteiger partial charge in [-0.3, -0.25) is 0 Å². The maximum Gasteiger partial charge on any atom is 0.0946 e. The zero-order valence-corrected chi connectivity index (χ0v) is 29.4. The Hall–Kier alpha value is -1.87. The largest absolute Gasteiger partial charge is 0.336 e. The Morgan fingerprint density at radius 3 is 1.48 bits per heavy atom. The highest BCUT2D eigenvalue weighted by atomic mass is 15.0. The molecule has 0 saturated heterocycles. The van der Waals surface area contributed by atoms with E-state index in [0.29, 0.717) is 6.04 Å². The predicted octanol–water partition coefficient (Wildman–Crippen LogP) is 12.9. The van der Waals surface area contributed by atoms with E-state index in [2.05, 4.69) is 83.5 Å². The van der Waals surface area contributed by atoms with Crippen molar-refractivity contribution >= 4 is 0 Å². The molecule has 0 aliphatic carbocycles. The monoisotopic (exact) mass is 608 g/mol. The average Bonchev–Trinajstić information content (AvgIpc) is 3.56. The Kier molecular flexibility index (Phi) is 31.0. The molecule has 0 radical (unpaired) electrons. The first-order chi connectivity index (χ1) is 21.9. The summed E-state index contributed by atoms with van der Waals surface area (Å²) in [6, 6.07) is 0.672. The lowest BCUT2D eigenvalue weighted by atomic mass is 9.99. The van der Waals surface area contributed by atoms with Gasteiger partial charge in [-0.05, 0) is 70.6 Å². The number of nitrogens with one attached hydrogen (secondary N) is 1. The van der Waals surface area contributed by atoms with Crippen LogP contribution in [0.5, 0.6) is 0 Å². The minimum absolute atomic E-state index is 0.672. The molecular weight excluding hydrogens is 534 g/mol. The van der Waals surface area contributed by atoms with Crippen molar-refractivity contribution in [3.63, 3.8) is 0 Å². The highest BCUT2D eigenvalue weighted by Gasteiger charge is 2.08. The molecule has 1 aromatic heterocycles. The quantitative estimate of drug-likeness (QED) is 0.0636. The topological polar surface area (TPSA) is 29.9 Å². The molecule has 0 aliphatic rings. The van der Waals surface area contributed by atoms with Crippen molar-refractivity contribution in [1.29, 1.82) is 0 Å². The van der Waals surface area contributed by atoms with Gasteiger partial charge in [0.25, 0.3) is 0 Å². The molecule has 0 saturated carbocycles. The zero-order valence-electron chi connectivity index (χ0n) is 29.4. The third kappa shape index (κ3) is 28.9. The zero-order chi connectivity index (χ0) is 31.4. The van der Waals surface area contributed by atoms with Gasteiger partial charge in [0.05, 0.1) is 6.33 Å². The summed E-state index contributed by atoms with van der Waals surface area (Å²) in [5, 5.41) is 3.89. The van der Waals surface area contributed by atoms with Crippen molar-refractivity contribution in [2.75, 3.05) is 6.54 Å². The van der Waals surface area contributed by atoms with E-state index < -0.39 is 0 Å². The second-order valence-electron chi connectivity index (χ2n) is 12.8. The first-order valence-corrected chi connectivity index (χ1v) is 19.2. The Morgan fingerprint density at radius 2 is 1.00 bits per heavy atom. The molecule has 0 bridgehead atoms. The molecule has 0 aromatic carbocycles. The molecule has 1 N–H and O–H groups in total. The van der Waals surface area contributed by atoms with E-state index in [4.69, 9.17) is 0 Å². The maximum absolute atomic E-state index is 4.19. The van der Waals surface area contributed by atoms with Crippen molar-refractivity contribution in [2.24, 2.45) is 0 Å². The van der Waals surface area contributed by atoms with Gasteiger partial charge in [-0.1, -0.05) is 152 Å². The molecular formula is C41H73N3.